The Labute approximate surface area is 193 Å². The van der Waals surface area contributed by atoms with Gasteiger partial charge < -0.3 is 0 Å². The van der Waals surface area contributed by atoms with Crippen molar-refractivity contribution in [3.8, 4) is 11.3 Å². The molecule has 0 aliphatic heterocycles. The van der Waals surface area contributed by atoms with Gasteiger partial charge in [0.15, 0.2) is 0 Å². The summed E-state index contributed by atoms with van der Waals surface area (Å²) in [6, 6.07) is 20.4. The molecule has 0 aliphatic carbocycles. The molecule has 0 spiro atoms. The maximum absolute atomic E-state index is 11.0. The summed E-state index contributed by atoms with van der Waals surface area (Å²) >= 11 is 0. The van der Waals surface area contributed by atoms with E-state index in [-0.39, 0.29) is 0 Å². The Morgan fingerprint density at radius 3 is 2.31 bits per heavy atom. The molecule has 3 rings (SSSR count). The van der Waals surface area contributed by atoms with E-state index < -0.39 is 0 Å². The monoisotopic (exact) mass is 428 g/mol. The maximum Gasteiger partial charge on any atom is 0.150 e. The van der Waals surface area contributed by atoms with Crippen LogP contribution in [0.25, 0.3) is 11.3 Å². The summed E-state index contributed by atoms with van der Waals surface area (Å²) in [5, 5.41) is 0. The molecular formula is C29H36N2O. The zero-order valence-electron chi connectivity index (χ0n) is 19.6. The van der Waals surface area contributed by atoms with Gasteiger partial charge in [-0.15, -0.1) is 0 Å². The molecule has 32 heavy (non-hydrogen) atoms. The summed E-state index contributed by atoms with van der Waals surface area (Å²) in [7, 11) is 0. The lowest BCUT2D eigenvalue weighted by atomic mass is 10.00. The lowest BCUT2D eigenvalue weighted by Crippen LogP contribution is -2.06. The smallest absolute Gasteiger partial charge is 0.150 e. The predicted octanol–water partition coefficient (Wildman–Crippen LogP) is 7.60. The highest BCUT2D eigenvalue weighted by Crippen LogP contribution is 2.25. The van der Waals surface area contributed by atoms with E-state index >= 15 is 0 Å². The third kappa shape index (κ3) is 7.40. The van der Waals surface area contributed by atoms with Crippen LogP contribution in [0.1, 0.15) is 92.2 Å². The molecule has 0 saturated heterocycles. The van der Waals surface area contributed by atoms with E-state index in [1.165, 1.54) is 37.7 Å². The van der Waals surface area contributed by atoms with Gasteiger partial charge >= 0.3 is 0 Å². The Morgan fingerprint density at radius 2 is 1.59 bits per heavy atom. The summed E-state index contributed by atoms with van der Waals surface area (Å²) in [5.41, 5.74) is 5.16. The highest BCUT2D eigenvalue weighted by molar-refractivity contribution is 5.76. The molecule has 0 radical (unpaired) electrons. The summed E-state index contributed by atoms with van der Waals surface area (Å²) in [4.78, 5) is 20.9. The molecular weight excluding hydrogens is 392 g/mol. The van der Waals surface area contributed by atoms with Crippen molar-refractivity contribution in [1.29, 1.82) is 0 Å². The van der Waals surface area contributed by atoms with Gasteiger partial charge in [-0.05, 0) is 37.3 Å². The minimum Gasteiger partial charge on any atom is -0.298 e. The molecule has 0 amide bonds. The number of rotatable bonds is 13. The first-order chi connectivity index (χ1) is 15.7. The number of carbonyl (C=O) groups is 1. The molecule has 0 bridgehead atoms. The SMILES string of the molecule is CCCCCCCC(C)c1nc(CCCc2ccccc2)cc(-c2ccc(C=O)cc2)n1. The minimum absolute atomic E-state index is 0.346. The molecule has 1 heterocycles. The highest BCUT2D eigenvalue weighted by Gasteiger charge is 2.13. The zero-order valence-corrected chi connectivity index (χ0v) is 19.6. The molecule has 0 fully saturated rings. The first-order valence-corrected chi connectivity index (χ1v) is 12.2. The van der Waals surface area contributed by atoms with Crippen molar-refractivity contribution in [3.63, 3.8) is 0 Å². The molecule has 2 aromatic carbocycles. The van der Waals surface area contributed by atoms with Gasteiger partial charge in [-0.25, -0.2) is 9.97 Å². The number of nitrogens with zero attached hydrogens (tertiary/aromatic N) is 2. The van der Waals surface area contributed by atoms with E-state index in [2.05, 4.69) is 50.2 Å². The van der Waals surface area contributed by atoms with Crippen LogP contribution in [0.4, 0.5) is 0 Å². The topological polar surface area (TPSA) is 42.9 Å². The quantitative estimate of drug-likeness (QED) is 0.208. The van der Waals surface area contributed by atoms with Gasteiger partial charge in [0, 0.05) is 22.7 Å². The van der Waals surface area contributed by atoms with Crippen molar-refractivity contribution in [2.24, 2.45) is 0 Å². The second-order valence-corrected chi connectivity index (χ2v) is 8.79. The van der Waals surface area contributed by atoms with Crippen molar-refractivity contribution in [3.05, 3.63) is 83.3 Å². The van der Waals surface area contributed by atoms with Gasteiger partial charge in [0.1, 0.15) is 12.1 Å². The highest BCUT2D eigenvalue weighted by atomic mass is 16.1. The first kappa shape index (κ1) is 23.8. The maximum atomic E-state index is 11.0. The summed E-state index contributed by atoms with van der Waals surface area (Å²) in [6.07, 6.45) is 11.5. The molecule has 0 N–H and O–H groups in total. The second-order valence-electron chi connectivity index (χ2n) is 8.79. The fourth-order valence-electron chi connectivity index (χ4n) is 4.05. The molecule has 1 atom stereocenters. The van der Waals surface area contributed by atoms with E-state index in [0.717, 1.165) is 54.7 Å². The van der Waals surface area contributed by atoms with Crippen LogP contribution in [0.5, 0.6) is 0 Å². The Morgan fingerprint density at radius 1 is 0.844 bits per heavy atom. The predicted molar refractivity (Wildman–Crippen MR) is 133 cm³/mol. The molecule has 3 aromatic rings. The fraction of sp³-hybridized carbons (Fsp3) is 0.414. The molecule has 168 valence electrons. The van der Waals surface area contributed by atoms with Crippen molar-refractivity contribution in [2.75, 3.05) is 0 Å². The van der Waals surface area contributed by atoms with Crippen LogP contribution in [0.15, 0.2) is 60.7 Å². The Kier molecular flexibility index (Phi) is 9.61. The number of unbranched alkanes of at least 4 members (excludes halogenated alkanes) is 4. The van der Waals surface area contributed by atoms with Crippen molar-refractivity contribution in [1.82, 2.24) is 9.97 Å². The van der Waals surface area contributed by atoms with Crippen LogP contribution in [-0.2, 0) is 12.8 Å². The average molecular weight is 429 g/mol. The van der Waals surface area contributed by atoms with E-state index in [4.69, 9.17) is 9.97 Å². The summed E-state index contributed by atoms with van der Waals surface area (Å²) in [6.45, 7) is 4.51. The molecule has 3 nitrogen and oxygen atoms in total. The third-order valence-electron chi connectivity index (χ3n) is 6.06. The normalized spacial score (nSPS) is 11.9. The standard InChI is InChI=1S/C29H36N2O/c1-3-4-5-6-8-12-23(2)29-30-27(16-11-15-24-13-9-7-10-14-24)21-28(31-29)26-19-17-25(22-32)18-20-26/h7,9-10,13-14,17-23H,3-6,8,11-12,15-16H2,1-2H3. The van der Waals surface area contributed by atoms with E-state index in [9.17, 15) is 4.79 Å². The zero-order chi connectivity index (χ0) is 22.6. The number of hydrogen-bond acceptors (Lipinski definition) is 3. The number of carbonyl (C=O) groups excluding carboxylic acids is 1. The van der Waals surface area contributed by atoms with E-state index in [1.54, 1.807) is 0 Å². The molecule has 1 aromatic heterocycles. The number of hydrogen-bond donors (Lipinski definition) is 0. The van der Waals surface area contributed by atoms with Crippen molar-refractivity contribution in [2.45, 2.75) is 77.6 Å². The van der Waals surface area contributed by atoms with Gasteiger partial charge in [-0.2, -0.15) is 0 Å². The summed E-state index contributed by atoms with van der Waals surface area (Å²) in [5.74, 6) is 1.30. The fourth-order valence-corrected chi connectivity index (χ4v) is 4.05. The molecule has 0 aliphatic rings. The van der Waals surface area contributed by atoms with Gasteiger partial charge in [-0.1, -0.05) is 101 Å². The third-order valence-corrected chi connectivity index (χ3v) is 6.06. The second kappa shape index (κ2) is 12.9. The lowest BCUT2D eigenvalue weighted by molar-refractivity contribution is 0.112. The van der Waals surface area contributed by atoms with Gasteiger partial charge in [-0.3, -0.25) is 4.79 Å². The number of aromatic nitrogens is 2. The van der Waals surface area contributed by atoms with Crippen LogP contribution in [0.3, 0.4) is 0 Å². The number of aldehydes is 1. The minimum atomic E-state index is 0.346. The van der Waals surface area contributed by atoms with Crippen LogP contribution in [0, 0.1) is 0 Å². The first-order valence-electron chi connectivity index (χ1n) is 12.2. The average Bonchev–Trinajstić information content (AvgIpc) is 2.84. The molecule has 3 heteroatoms. The van der Waals surface area contributed by atoms with Crippen molar-refractivity contribution < 1.29 is 4.79 Å². The Hall–Kier alpha value is -2.81. The van der Waals surface area contributed by atoms with Crippen LogP contribution < -0.4 is 0 Å². The number of aryl methyl sites for hydroxylation is 2. The molecule has 1 unspecified atom stereocenters. The lowest BCUT2D eigenvalue weighted by Gasteiger charge is -2.14. The van der Waals surface area contributed by atoms with Gasteiger partial charge in [0.2, 0.25) is 0 Å². The Balaban J connectivity index is 1.74. The van der Waals surface area contributed by atoms with Crippen molar-refractivity contribution >= 4 is 6.29 Å². The summed E-state index contributed by atoms with van der Waals surface area (Å²) < 4.78 is 0. The van der Waals surface area contributed by atoms with Crippen LogP contribution in [-0.4, -0.2) is 16.3 Å². The number of benzene rings is 2. The van der Waals surface area contributed by atoms with E-state index in [0.29, 0.717) is 11.5 Å². The largest absolute Gasteiger partial charge is 0.298 e. The Bertz CT molecular complexity index is 951. The van der Waals surface area contributed by atoms with Crippen LogP contribution in [0.2, 0.25) is 0 Å². The van der Waals surface area contributed by atoms with Gasteiger partial charge in [0.25, 0.3) is 0 Å². The van der Waals surface area contributed by atoms with E-state index in [1.807, 2.05) is 24.3 Å². The van der Waals surface area contributed by atoms with Crippen LogP contribution >= 0.6 is 0 Å². The molecule has 0 saturated carbocycles. The van der Waals surface area contributed by atoms with Gasteiger partial charge in [0.05, 0.1) is 5.69 Å².